The van der Waals surface area contributed by atoms with Crippen molar-refractivity contribution >= 4 is 0 Å². The Bertz CT molecular complexity index is 361. The van der Waals surface area contributed by atoms with Crippen LogP contribution in [0.5, 0.6) is 0 Å². The topological polar surface area (TPSA) is 47.9 Å². The molecule has 0 radical (unpaired) electrons. The van der Waals surface area contributed by atoms with Crippen LogP contribution in [0, 0.1) is 23.7 Å². The molecular formula is C26H54O4. The SMILES string of the molecule is CCCC(C)CC(O)OCC(C)CCCC(OCCCC(C)C)OCCC(C)CC. The van der Waals surface area contributed by atoms with Gasteiger partial charge < -0.3 is 19.3 Å². The minimum Gasteiger partial charge on any atom is -0.368 e. The highest BCUT2D eigenvalue weighted by Gasteiger charge is 2.14. The van der Waals surface area contributed by atoms with E-state index in [1.165, 1.54) is 12.8 Å². The van der Waals surface area contributed by atoms with E-state index in [0.717, 1.165) is 70.5 Å². The maximum absolute atomic E-state index is 10.1. The zero-order chi connectivity index (χ0) is 22.8. The Hall–Kier alpha value is -0.160. The predicted molar refractivity (Wildman–Crippen MR) is 127 cm³/mol. The molecule has 0 saturated carbocycles. The molecule has 0 amide bonds. The highest BCUT2D eigenvalue weighted by atomic mass is 16.7. The van der Waals surface area contributed by atoms with Gasteiger partial charge in [0.15, 0.2) is 12.6 Å². The monoisotopic (exact) mass is 430 g/mol. The van der Waals surface area contributed by atoms with E-state index >= 15 is 0 Å². The molecule has 0 aromatic carbocycles. The number of aliphatic hydroxyl groups excluding tert-OH is 1. The molecule has 4 nitrogen and oxygen atoms in total. The number of rotatable bonds is 21. The first-order valence-corrected chi connectivity index (χ1v) is 12.8. The van der Waals surface area contributed by atoms with Crippen molar-refractivity contribution in [2.24, 2.45) is 23.7 Å². The molecule has 182 valence electrons. The van der Waals surface area contributed by atoms with Crippen molar-refractivity contribution in [3.05, 3.63) is 0 Å². The molecule has 0 aliphatic rings. The van der Waals surface area contributed by atoms with Gasteiger partial charge in [-0.25, -0.2) is 0 Å². The largest absolute Gasteiger partial charge is 0.368 e. The van der Waals surface area contributed by atoms with Crippen molar-refractivity contribution in [2.45, 2.75) is 125 Å². The third-order valence-electron chi connectivity index (χ3n) is 5.94. The summed E-state index contributed by atoms with van der Waals surface area (Å²) < 4.78 is 17.8. The van der Waals surface area contributed by atoms with Gasteiger partial charge >= 0.3 is 0 Å². The molecule has 0 spiro atoms. The third kappa shape index (κ3) is 18.6. The van der Waals surface area contributed by atoms with E-state index in [-0.39, 0.29) is 6.29 Å². The molecule has 0 fully saturated rings. The van der Waals surface area contributed by atoms with Crippen molar-refractivity contribution in [2.75, 3.05) is 19.8 Å². The van der Waals surface area contributed by atoms with Crippen molar-refractivity contribution in [3.63, 3.8) is 0 Å². The summed E-state index contributed by atoms with van der Waals surface area (Å²) in [6.45, 7) is 17.8. The lowest BCUT2D eigenvalue weighted by molar-refractivity contribution is -0.150. The van der Waals surface area contributed by atoms with E-state index in [2.05, 4.69) is 48.5 Å². The molecule has 0 saturated heterocycles. The van der Waals surface area contributed by atoms with E-state index in [1.807, 2.05) is 0 Å². The maximum atomic E-state index is 10.1. The zero-order valence-electron chi connectivity index (χ0n) is 21.3. The Morgan fingerprint density at radius 2 is 1.37 bits per heavy atom. The molecule has 0 aliphatic heterocycles. The minimum absolute atomic E-state index is 0.0881. The maximum Gasteiger partial charge on any atom is 0.157 e. The predicted octanol–water partition coefficient (Wildman–Crippen LogP) is 7.19. The minimum atomic E-state index is -0.630. The summed E-state index contributed by atoms with van der Waals surface area (Å²) in [5.74, 6) is 2.37. The van der Waals surface area contributed by atoms with Gasteiger partial charge in [-0.2, -0.15) is 0 Å². The van der Waals surface area contributed by atoms with Gasteiger partial charge in [0.2, 0.25) is 0 Å². The van der Waals surface area contributed by atoms with E-state index in [9.17, 15) is 5.11 Å². The smallest absolute Gasteiger partial charge is 0.157 e. The quantitative estimate of drug-likeness (QED) is 0.155. The molecule has 0 aromatic rings. The molecule has 0 heterocycles. The fourth-order valence-electron chi connectivity index (χ4n) is 3.54. The second kappa shape index (κ2) is 19.5. The lowest BCUT2D eigenvalue weighted by atomic mass is 10.0. The van der Waals surface area contributed by atoms with Gasteiger partial charge in [-0.3, -0.25) is 0 Å². The Morgan fingerprint density at radius 1 is 0.667 bits per heavy atom. The first-order chi connectivity index (χ1) is 14.3. The number of hydrogen-bond donors (Lipinski definition) is 1. The van der Waals surface area contributed by atoms with Crippen LogP contribution in [0.15, 0.2) is 0 Å². The van der Waals surface area contributed by atoms with Gasteiger partial charge in [-0.1, -0.05) is 67.7 Å². The van der Waals surface area contributed by atoms with Crippen molar-refractivity contribution in [1.29, 1.82) is 0 Å². The number of ether oxygens (including phenoxy) is 3. The van der Waals surface area contributed by atoms with E-state index in [0.29, 0.717) is 24.4 Å². The van der Waals surface area contributed by atoms with Crippen LogP contribution >= 0.6 is 0 Å². The van der Waals surface area contributed by atoms with Crippen LogP contribution in [0.3, 0.4) is 0 Å². The second-order valence-electron chi connectivity index (χ2n) is 9.96. The van der Waals surface area contributed by atoms with Gasteiger partial charge in [-0.05, 0) is 62.2 Å². The fourth-order valence-corrected chi connectivity index (χ4v) is 3.54. The van der Waals surface area contributed by atoms with Crippen LogP contribution in [0.25, 0.3) is 0 Å². The average Bonchev–Trinajstić information content (AvgIpc) is 2.68. The third-order valence-corrected chi connectivity index (χ3v) is 5.94. The molecule has 4 heteroatoms. The van der Waals surface area contributed by atoms with Gasteiger partial charge in [0.25, 0.3) is 0 Å². The molecule has 0 rings (SSSR count). The molecule has 30 heavy (non-hydrogen) atoms. The summed E-state index contributed by atoms with van der Waals surface area (Å²) >= 11 is 0. The standard InChI is InChI=1S/C26H54O4/c1-8-12-23(6)19-25(27)30-20-24(7)14-10-15-26(28-17-11-13-21(3)4)29-18-16-22(5)9-2/h21-27H,8-20H2,1-7H3. The molecule has 1 N–H and O–H groups in total. The van der Waals surface area contributed by atoms with Crippen LogP contribution < -0.4 is 0 Å². The lowest BCUT2D eigenvalue weighted by Gasteiger charge is -2.22. The summed E-state index contributed by atoms with van der Waals surface area (Å²) in [6.07, 6.45) is 9.97. The van der Waals surface area contributed by atoms with Gasteiger partial charge in [0.1, 0.15) is 0 Å². The van der Waals surface area contributed by atoms with Crippen molar-refractivity contribution in [3.8, 4) is 0 Å². The first kappa shape index (κ1) is 29.8. The average molecular weight is 431 g/mol. The molecule has 0 aromatic heterocycles. The van der Waals surface area contributed by atoms with Crippen molar-refractivity contribution < 1.29 is 19.3 Å². The summed E-state index contributed by atoms with van der Waals surface area (Å²) in [4.78, 5) is 0. The van der Waals surface area contributed by atoms with Crippen LogP contribution in [-0.4, -0.2) is 37.5 Å². The Kier molecular flexibility index (Phi) is 19.4. The highest BCUT2D eigenvalue weighted by Crippen LogP contribution is 2.17. The van der Waals surface area contributed by atoms with Crippen LogP contribution in [0.2, 0.25) is 0 Å². The molecule has 0 bridgehead atoms. The normalized spacial score (nSPS) is 17.1. The Morgan fingerprint density at radius 3 is 2.00 bits per heavy atom. The summed E-state index contributed by atoms with van der Waals surface area (Å²) in [7, 11) is 0. The number of hydrogen-bond acceptors (Lipinski definition) is 4. The van der Waals surface area contributed by atoms with E-state index in [4.69, 9.17) is 14.2 Å². The summed E-state index contributed by atoms with van der Waals surface area (Å²) in [5.41, 5.74) is 0. The number of aliphatic hydroxyl groups is 1. The van der Waals surface area contributed by atoms with E-state index < -0.39 is 6.29 Å². The summed E-state index contributed by atoms with van der Waals surface area (Å²) in [5, 5.41) is 10.1. The second-order valence-corrected chi connectivity index (χ2v) is 9.96. The van der Waals surface area contributed by atoms with Crippen LogP contribution in [0.4, 0.5) is 0 Å². The summed E-state index contributed by atoms with van der Waals surface area (Å²) in [6, 6.07) is 0. The Labute approximate surface area is 188 Å². The lowest BCUT2D eigenvalue weighted by Crippen LogP contribution is -2.21. The van der Waals surface area contributed by atoms with Gasteiger partial charge in [0, 0.05) is 19.6 Å². The van der Waals surface area contributed by atoms with Crippen LogP contribution in [-0.2, 0) is 14.2 Å². The fraction of sp³-hybridized carbons (Fsp3) is 1.00. The van der Waals surface area contributed by atoms with Gasteiger partial charge in [0.05, 0.1) is 6.61 Å². The molecule has 5 unspecified atom stereocenters. The molecule has 0 aliphatic carbocycles. The van der Waals surface area contributed by atoms with Crippen molar-refractivity contribution in [1.82, 2.24) is 0 Å². The zero-order valence-corrected chi connectivity index (χ0v) is 21.3. The van der Waals surface area contributed by atoms with Gasteiger partial charge in [-0.15, -0.1) is 0 Å². The van der Waals surface area contributed by atoms with E-state index in [1.54, 1.807) is 0 Å². The Balaban J connectivity index is 4.13. The molecule has 5 atom stereocenters. The first-order valence-electron chi connectivity index (χ1n) is 12.8. The highest BCUT2D eigenvalue weighted by molar-refractivity contribution is 4.59. The van der Waals surface area contributed by atoms with Crippen LogP contribution in [0.1, 0.15) is 113 Å². The molecular weight excluding hydrogens is 376 g/mol.